The lowest BCUT2D eigenvalue weighted by Gasteiger charge is -2.32. The van der Waals surface area contributed by atoms with Crippen LogP contribution in [0.3, 0.4) is 0 Å². The molecule has 2 aromatic rings. The molecule has 3 heterocycles. The third kappa shape index (κ3) is 5.92. The van der Waals surface area contributed by atoms with Gasteiger partial charge < -0.3 is 15.1 Å². The van der Waals surface area contributed by atoms with Gasteiger partial charge in [0.15, 0.2) is 0 Å². The molecule has 34 heavy (non-hydrogen) atoms. The number of hydrogen-bond donors (Lipinski definition) is 1. The molecule has 1 unspecified atom stereocenters. The molecule has 9 heteroatoms. The lowest BCUT2D eigenvalue weighted by Crippen LogP contribution is -2.35. The number of hydrogen-bond acceptors (Lipinski definition) is 5. The van der Waals surface area contributed by atoms with Crippen LogP contribution in [0.1, 0.15) is 72.9 Å². The predicted molar refractivity (Wildman–Crippen MR) is 131 cm³/mol. The van der Waals surface area contributed by atoms with E-state index >= 15 is 0 Å². The van der Waals surface area contributed by atoms with Crippen molar-refractivity contribution >= 4 is 28.6 Å². The van der Waals surface area contributed by atoms with Gasteiger partial charge in [-0.1, -0.05) is 20.3 Å². The van der Waals surface area contributed by atoms with E-state index in [1.165, 1.54) is 23.8 Å². The minimum absolute atomic E-state index is 0.189. The van der Waals surface area contributed by atoms with Crippen LogP contribution < -0.4 is 10.2 Å². The lowest BCUT2D eigenvalue weighted by atomic mass is 9.96. The van der Waals surface area contributed by atoms with Gasteiger partial charge in [0.05, 0.1) is 21.9 Å². The normalized spacial score (nSPS) is 18.9. The number of anilines is 2. The number of rotatable bonds is 7. The summed E-state index contributed by atoms with van der Waals surface area (Å²) in [4.78, 5) is 22.1. The fourth-order valence-corrected chi connectivity index (χ4v) is 5.72. The summed E-state index contributed by atoms with van der Waals surface area (Å²) in [5.41, 5.74) is 0.318. The van der Waals surface area contributed by atoms with Crippen molar-refractivity contribution in [2.45, 2.75) is 58.0 Å². The first-order valence-electron chi connectivity index (χ1n) is 12.2. The Hall–Kier alpha value is -2.13. The zero-order valence-electron chi connectivity index (χ0n) is 19.8. The van der Waals surface area contributed by atoms with E-state index in [9.17, 15) is 18.0 Å². The second kappa shape index (κ2) is 10.6. The van der Waals surface area contributed by atoms with Crippen molar-refractivity contribution in [1.29, 1.82) is 0 Å². The number of likely N-dealkylation sites (tertiary alicyclic amines) is 1. The Kier molecular flexibility index (Phi) is 7.82. The Morgan fingerprint density at radius 1 is 1.21 bits per heavy atom. The Labute approximate surface area is 203 Å². The largest absolute Gasteiger partial charge is 0.416 e. The van der Waals surface area contributed by atoms with Crippen LogP contribution in [0.25, 0.3) is 0 Å². The highest BCUT2D eigenvalue weighted by molar-refractivity contribution is 7.10. The molecule has 2 saturated heterocycles. The molecule has 4 rings (SSSR count). The zero-order chi connectivity index (χ0) is 24.3. The summed E-state index contributed by atoms with van der Waals surface area (Å²) in [7, 11) is 0. The Morgan fingerprint density at radius 2 is 1.91 bits per heavy atom. The summed E-state index contributed by atoms with van der Waals surface area (Å²) >= 11 is 1.47. The molecule has 0 spiro atoms. The number of aromatic nitrogens is 1. The smallest absolute Gasteiger partial charge is 0.370 e. The van der Waals surface area contributed by atoms with E-state index in [4.69, 9.17) is 0 Å². The average Bonchev–Trinajstić information content (AvgIpc) is 3.51. The molecule has 5 nitrogen and oxygen atoms in total. The van der Waals surface area contributed by atoms with Crippen LogP contribution in [0.4, 0.5) is 24.5 Å². The molecule has 1 aromatic heterocycles. The summed E-state index contributed by atoms with van der Waals surface area (Å²) in [6.45, 7) is 9.20. The summed E-state index contributed by atoms with van der Waals surface area (Å²) < 4.78 is 40.0. The zero-order valence-corrected chi connectivity index (χ0v) is 20.6. The van der Waals surface area contributed by atoms with Crippen LogP contribution in [0, 0.1) is 5.92 Å². The summed E-state index contributed by atoms with van der Waals surface area (Å²) in [6.07, 6.45) is 0.701. The first-order chi connectivity index (χ1) is 16.2. The molecule has 0 bridgehead atoms. The molecule has 0 radical (unpaired) electrons. The number of halogens is 3. The van der Waals surface area contributed by atoms with E-state index < -0.39 is 17.6 Å². The monoisotopic (exact) mass is 494 g/mol. The molecule has 2 fully saturated rings. The Bertz CT molecular complexity index is 979. The molecular weight excluding hydrogens is 461 g/mol. The minimum Gasteiger partial charge on any atom is -0.370 e. The fourth-order valence-electron chi connectivity index (χ4n) is 4.74. The highest BCUT2D eigenvalue weighted by Gasteiger charge is 2.32. The first-order valence-corrected chi connectivity index (χ1v) is 13.1. The van der Waals surface area contributed by atoms with Crippen LogP contribution in [0.15, 0.2) is 23.6 Å². The molecule has 0 saturated carbocycles. The highest BCUT2D eigenvalue weighted by Crippen LogP contribution is 2.37. The highest BCUT2D eigenvalue weighted by atomic mass is 32.1. The van der Waals surface area contributed by atoms with E-state index in [2.05, 4.69) is 29.0 Å². The topological polar surface area (TPSA) is 48.5 Å². The van der Waals surface area contributed by atoms with Crippen molar-refractivity contribution in [3.05, 3.63) is 39.8 Å². The van der Waals surface area contributed by atoms with Gasteiger partial charge in [-0.05, 0) is 62.9 Å². The summed E-state index contributed by atoms with van der Waals surface area (Å²) in [5, 5.41) is 5.39. The quantitative estimate of drug-likeness (QED) is 0.495. The lowest BCUT2D eigenvalue weighted by molar-refractivity contribution is -0.137. The second-order valence-electron chi connectivity index (χ2n) is 9.54. The fraction of sp³-hybridized carbons (Fsp3) is 0.600. The molecule has 1 N–H and O–H groups in total. The maximum Gasteiger partial charge on any atom is 0.416 e. The number of thiazole rings is 1. The van der Waals surface area contributed by atoms with Crippen molar-refractivity contribution in [2.24, 2.45) is 5.92 Å². The van der Waals surface area contributed by atoms with Gasteiger partial charge in [0.25, 0.3) is 5.91 Å². The maximum atomic E-state index is 13.3. The van der Waals surface area contributed by atoms with Crippen LogP contribution >= 0.6 is 11.3 Å². The number of alkyl halides is 3. The standard InChI is InChI=1S/C25H33F3N4OS/c1-3-17(2)15-31-12-8-18(9-13-31)24-30-21(16-34-24)23(33)29-20-14-19(25(26,27)28)6-7-22(20)32-10-4-5-11-32/h6-7,14,16-18H,3-5,8-13,15H2,1-2H3,(H,29,33). The van der Waals surface area contributed by atoms with Gasteiger partial charge in [0, 0.05) is 30.9 Å². The third-order valence-corrected chi connectivity index (χ3v) is 7.98. The van der Waals surface area contributed by atoms with E-state index in [1.54, 1.807) is 5.38 Å². The van der Waals surface area contributed by atoms with E-state index in [1.807, 2.05) is 4.90 Å². The Morgan fingerprint density at radius 3 is 2.56 bits per heavy atom. The second-order valence-corrected chi connectivity index (χ2v) is 10.4. The average molecular weight is 495 g/mol. The minimum atomic E-state index is -4.47. The van der Waals surface area contributed by atoms with Crippen molar-refractivity contribution in [3.8, 4) is 0 Å². The summed E-state index contributed by atoms with van der Waals surface area (Å²) in [5.74, 6) is 0.554. The molecule has 186 valence electrons. The SMILES string of the molecule is CCC(C)CN1CCC(c2nc(C(=O)Nc3cc(C(F)(F)F)ccc3N3CCCC3)cs2)CC1. The number of carbonyl (C=O) groups is 1. The van der Waals surface area contributed by atoms with Gasteiger partial charge in [-0.25, -0.2) is 4.98 Å². The van der Waals surface area contributed by atoms with E-state index in [0.29, 0.717) is 17.5 Å². The number of piperidine rings is 1. The van der Waals surface area contributed by atoms with Crippen LogP contribution in [0.5, 0.6) is 0 Å². The molecule has 1 atom stereocenters. The van der Waals surface area contributed by atoms with Gasteiger partial charge in [-0.2, -0.15) is 13.2 Å². The van der Waals surface area contributed by atoms with Crippen molar-refractivity contribution in [1.82, 2.24) is 9.88 Å². The third-order valence-electron chi connectivity index (χ3n) is 6.98. The van der Waals surface area contributed by atoms with E-state index in [0.717, 1.165) is 75.5 Å². The number of amides is 1. The molecule has 1 aromatic carbocycles. The summed E-state index contributed by atoms with van der Waals surface area (Å²) in [6, 6.07) is 3.58. The maximum absolute atomic E-state index is 13.3. The predicted octanol–water partition coefficient (Wildman–Crippen LogP) is 6.24. The van der Waals surface area contributed by atoms with Gasteiger partial charge in [0.2, 0.25) is 0 Å². The van der Waals surface area contributed by atoms with Crippen molar-refractivity contribution in [3.63, 3.8) is 0 Å². The first kappa shape index (κ1) is 25.0. The number of carbonyl (C=O) groups excluding carboxylic acids is 1. The molecular formula is C25H33F3N4OS. The number of benzene rings is 1. The van der Waals surface area contributed by atoms with Gasteiger partial charge >= 0.3 is 6.18 Å². The van der Waals surface area contributed by atoms with Crippen LogP contribution in [-0.2, 0) is 6.18 Å². The Balaban J connectivity index is 1.45. The molecule has 1 amide bonds. The molecule has 2 aliphatic rings. The van der Waals surface area contributed by atoms with Gasteiger partial charge in [0.1, 0.15) is 5.69 Å². The van der Waals surface area contributed by atoms with Crippen molar-refractivity contribution in [2.75, 3.05) is 42.9 Å². The number of nitrogens with zero attached hydrogens (tertiary/aromatic N) is 3. The van der Waals surface area contributed by atoms with E-state index in [-0.39, 0.29) is 11.4 Å². The van der Waals surface area contributed by atoms with Crippen LogP contribution in [-0.4, -0.2) is 48.5 Å². The van der Waals surface area contributed by atoms with Crippen LogP contribution in [0.2, 0.25) is 0 Å². The van der Waals surface area contributed by atoms with Gasteiger partial charge in [-0.3, -0.25) is 4.79 Å². The van der Waals surface area contributed by atoms with Gasteiger partial charge in [-0.15, -0.1) is 11.3 Å². The molecule has 0 aliphatic carbocycles. The molecule has 2 aliphatic heterocycles. The number of nitrogens with one attached hydrogen (secondary N) is 1. The van der Waals surface area contributed by atoms with Crippen molar-refractivity contribution < 1.29 is 18.0 Å².